The molecule has 0 spiro atoms. The van der Waals surface area contributed by atoms with Gasteiger partial charge in [0.25, 0.3) is 0 Å². The van der Waals surface area contributed by atoms with Gasteiger partial charge in [-0.15, -0.1) is 11.8 Å². The van der Waals surface area contributed by atoms with Gasteiger partial charge in [0.05, 0.1) is 12.7 Å². The lowest BCUT2D eigenvalue weighted by Crippen LogP contribution is -2.58. The molecule has 0 saturated heterocycles. The summed E-state index contributed by atoms with van der Waals surface area (Å²) in [5.41, 5.74) is 0.0578. The van der Waals surface area contributed by atoms with Gasteiger partial charge in [0.1, 0.15) is 5.75 Å². The molecule has 2 saturated carbocycles. The van der Waals surface area contributed by atoms with Crippen molar-refractivity contribution in [2.45, 2.75) is 70.3 Å². The van der Waals surface area contributed by atoms with Crippen molar-refractivity contribution in [1.82, 2.24) is 0 Å². The molecule has 0 bridgehead atoms. The van der Waals surface area contributed by atoms with E-state index in [0.29, 0.717) is 17.3 Å². The van der Waals surface area contributed by atoms with Crippen LogP contribution in [0.25, 0.3) is 0 Å². The lowest BCUT2D eigenvalue weighted by atomic mass is 9.46. The van der Waals surface area contributed by atoms with Crippen molar-refractivity contribution in [3.8, 4) is 5.75 Å². The van der Waals surface area contributed by atoms with Crippen LogP contribution in [0.4, 0.5) is 0 Å². The summed E-state index contributed by atoms with van der Waals surface area (Å²) in [5, 5.41) is 11.2. The molecular weight excluding hydrogens is 328 g/mol. The molecule has 0 aromatic heterocycles. The Balaban J connectivity index is 1.83. The first-order chi connectivity index (χ1) is 11.7. The van der Waals surface area contributed by atoms with E-state index >= 15 is 0 Å². The Morgan fingerprint density at radius 1 is 1.16 bits per heavy atom. The molecule has 0 aliphatic heterocycles. The average Bonchev–Trinajstić information content (AvgIpc) is 2.53. The van der Waals surface area contributed by atoms with Crippen LogP contribution in [-0.4, -0.2) is 23.6 Å². The Hall–Kier alpha value is -0.670. The van der Waals surface area contributed by atoms with Crippen molar-refractivity contribution in [3.63, 3.8) is 0 Å². The molecule has 2 aliphatic carbocycles. The first-order valence-electron chi connectivity index (χ1n) is 9.68. The van der Waals surface area contributed by atoms with Crippen LogP contribution in [-0.2, 0) is 0 Å². The standard InChI is InChI=1S/C22H34O2S/c1-20(2)11-7-12-21(3)18(20)10-13-22(4,23)19(21)15-25-17-9-6-8-16(14-17)24-5/h6,8-9,14,18-19,23H,7,10-13,15H2,1-5H3/t18?,19?,21?,22-/m1/s1. The molecule has 4 atom stereocenters. The molecule has 3 rings (SSSR count). The van der Waals surface area contributed by atoms with Gasteiger partial charge in [-0.3, -0.25) is 0 Å². The summed E-state index contributed by atoms with van der Waals surface area (Å²) >= 11 is 1.87. The molecule has 0 heterocycles. The lowest BCUT2D eigenvalue weighted by Gasteiger charge is -2.61. The maximum absolute atomic E-state index is 11.2. The zero-order chi connectivity index (χ0) is 18.3. The third-order valence-corrected chi connectivity index (χ3v) is 8.31. The molecule has 1 N–H and O–H groups in total. The molecule has 0 radical (unpaired) electrons. The van der Waals surface area contributed by atoms with Crippen LogP contribution in [0.3, 0.4) is 0 Å². The summed E-state index contributed by atoms with van der Waals surface area (Å²) in [4.78, 5) is 1.23. The highest BCUT2D eigenvalue weighted by atomic mass is 32.2. The summed E-state index contributed by atoms with van der Waals surface area (Å²) in [6.45, 7) is 9.43. The molecule has 2 aliphatic rings. The van der Waals surface area contributed by atoms with Crippen LogP contribution < -0.4 is 4.74 Å². The molecule has 3 unspecified atom stereocenters. The van der Waals surface area contributed by atoms with Gasteiger partial charge in [-0.2, -0.15) is 0 Å². The summed E-state index contributed by atoms with van der Waals surface area (Å²) in [6, 6.07) is 8.29. The molecule has 3 heteroatoms. The smallest absolute Gasteiger partial charge is 0.119 e. The Morgan fingerprint density at radius 3 is 2.64 bits per heavy atom. The van der Waals surface area contributed by atoms with E-state index in [4.69, 9.17) is 4.74 Å². The highest BCUT2D eigenvalue weighted by Gasteiger charge is 2.57. The molecule has 1 aromatic rings. The van der Waals surface area contributed by atoms with E-state index in [2.05, 4.69) is 45.9 Å². The summed E-state index contributed by atoms with van der Waals surface area (Å²) in [7, 11) is 1.71. The first kappa shape index (κ1) is 19.1. The van der Waals surface area contributed by atoms with E-state index in [-0.39, 0.29) is 5.41 Å². The van der Waals surface area contributed by atoms with Gasteiger partial charge in [0.15, 0.2) is 0 Å². The summed E-state index contributed by atoms with van der Waals surface area (Å²) in [6.07, 6.45) is 5.96. The van der Waals surface area contributed by atoms with Crippen LogP contribution in [0.15, 0.2) is 29.2 Å². The topological polar surface area (TPSA) is 29.5 Å². The largest absolute Gasteiger partial charge is 0.497 e. The molecule has 0 amide bonds. The maximum Gasteiger partial charge on any atom is 0.119 e. The van der Waals surface area contributed by atoms with Gasteiger partial charge in [-0.1, -0.05) is 33.3 Å². The van der Waals surface area contributed by atoms with Gasteiger partial charge in [0, 0.05) is 16.6 Å². The first-order valence-corrected chi connectivity index (χ1v) is 10.7. The number of benzene rings is 1. The fraction of sp³-hybridized carbons (Fsp3) is 0.727. The van der Waals surface area contributed by atoms with Crippen molar-refractivity contribution in [2.24, 2.45) is 22.7 Å². The third kappa shape index (κ3) is 3.60. The van der Waals surface area contributed by atoms with Crippen molar-refractivity contribution < 1.29 is 9.84 Å². The molecule has 25 heavy (non-hydrogen) atoms. The van der Waals surface area contributed by atoms with Crippen LogP contribution >= 0.6 is 11.8 Å². The van der Waals surface area contributed by atoms with Crippen LogP contribution in [0.1, 0.15) is 59.8 Å². The van der Waals surface area contributed by atoms with Gasteiger partial charge >= 0.3 is 0 Å². The fourth-order valence-electron chi connectivity index (χ4n) is 5.87. The fourth-order valence-corrected chi connectivity index (χ4v) is 7.34. The quantitative estimate of drug-likeness (QED) is 0.688. The number of thioether (sulfide) groups is 1. The van der Waals surface area contributed by atoms with E-state index in [1.807, 2.05) is 17.8 Å². The Labute approximate surface area is 157 Å². The second kappa shape index (κ2) is 6.81. The SMILES string of the molecule is COc1cccc(SCC2C3(C)CCCC(C)(C)C3CC[C@@]2(C)O)c1. The second-order valence-corrected chi connectivity index (χ2v) is 10.4. The lowest BCUT2D eigenvalue weighted by molar-refractivity contribution is -0.158. The zero-order valence-electron chi connectivity index (χ0n) is 16.5. The summed E-state index contributed by atoms with van der Waals surface area (Å²) < 4.78 is 5.36. The Kier molecular flexibility index (Phi) is 5.20. The van der Waals surface area contributed by atoms with Gasteiger partial charge in [-0.25, -0.2) is 0 Å². The molecule has 2 nitrogen and oxygen atoms in total. The number of hydrogen-bond donors (Lipinski definition) is 1. The number of aliphatic hydroxyl groups is 1. The van der Waals surface area contributed by atoms with Gasteiger partial charge in [-0.05, 0) is 67.6 Å². The Bertz CT molecular complexity index is 610. The minimum Gasteiger partial charge on any atom is -0.497 e. The normalized spacial score (nSPS) is 37.4. The zero-order valence-corrected chi connectivity index (χ0v) is 17.3. The molecule has 2 fully saturated rings. The van der Waals surface area contributed by atoms with Crippen LogP contribution in [0.2, 0.25) is 0 Å². The number of hydrogen-bond acceptors (Lipinski definition) is 3. The Morgan fingerprint density at radius 2 is 1.92 bits per heavy atom. The number of rotatable bonds is 4. The monoisotopic (exact) mass is 362 g/mol. The van der Waals surface area contributed by atoms with E-state index in [1.165, 1.54) is 24.2 Å². The van der Waals surface area contributed by atoms with Crippen molar-refractivity contribution in [2.75, 3.05) is 12.9 Å². The maximum atomic E-state index is 11.2. The van der Waals surface area contributed by atoms with Crippen LogP contribution in [0.5, 0.6) is 5.75 Å². The van der Waals surface area contributed by atoms with Crippen LogP contribution in [0, 0.1) is 22.7 Å². The van der Waals surface area contributed by atoms with Crippen molar-refractivity contribution in [3.05, 3.63) is 24.3 Å². The van der Waals surface area contributed by atoms with E-state index in [0.717, 1.165) is 24.3 Å². The molecule has 1 aromatic carbocycles. The minimum atomic E-state index is -0.565. The highest BCUT2D eigenvalue weighted by molar-refractivity contribution is 7.99. The van der Waals surface area contributed by atoms with Crippen molar-refractivity contribution in [1.29, 1.82) is 0 Å². The highest BCUT2D eigenvalue weighted by Crippen LogP contribution is 2.62. The second-order valence-electron chi connectivity index (χ2n) is 9.34. The van der Waals surface area contributed by atoms with E-state index < -0.39 is 5.60 Å². The molecular formula is C22H34O2S. The van der Waals surface area contributed by atoms with Gasteiger partial charge in [0.2, 0.25) is 0 Å². The van der Waals surface area contributed by atoms with Gasteiger partial charge < -0.3 is 9.84 Å². The summed E-state index contributed by atoms with van der Waals surface area (Å²) in [5.74, 6) is 2.92. The number of methoxy groups -OCH3 is 1. The van der Waals surface area contributed by atoms with E-state index in [1.54, 1.807) is 7.11 Å². The predicted octanol–water partition coefficient (Wildman–Crippen LogP) is 5.78. The number of ether oxygens (including phenoxy) is 1. The number of fused-ring (bicyclic) bond motifs is 1. The average molecular weight is 363 g/mol. The van der Waals surface area contributed by atoms with E-state index in [9.17, 15) is 5.11 Å². The van der Waals surface area contributed by atoms with Crippen molar-refractivity contribution >= 4 is 11.8 Å². The molecule has 140 valence electrons. The predicted molar refractivity (Wildman–Crippen MR) is 106 cm³/mol. The third-order valence-electron chi connectivity index (χ3n) is 7.22. The minimum absolute atomic E-state index is 0.232.